The van der Waals surface area contributed by atoms with E-state index in [1.165, 1.54) is 231 Å². The molecule has 360 valence electrons. The molecule has 0 aliphatic carbocycles. The lowest BCUT2D eigenvalue weighted by Crippen LogP contribution is -2.28. The monoisotopic (exact) mass is 874 g/mol. The number of nitrogens with two attached hydrogens (primary N) is 1. The summed E-state index contributed by atoms with van der Waals surface area (Å²) in [6.07, 6.45) is 54.3. The summed E-state index contributed by atoms with van der Waals surface area (Å²) in [4.78, 5) is 22.6. The van der Waals surface area contributed by atoms with E-state index in [9.17, 15) is 14.3 Å². The summed E-state index contributed by atoms with van der Waals surface area (Å²) in [6, 6.07) is 0. The number of hydrogen-bond acceptors (Lipinski definition) is 7. The van der Waals surface area contributed by atoms with Gasteiger partial charge in [-0.1, -0.05) is 264 Å². The van der Waals surface area contributed by atoms with Gasteiger partial charge < -0.3 is 20.1 Å². The number of rotatable bonds is 52. The van der Waals surface area contributed by atoms with Crippen LogP contribution in [-0.2, 0) is 27.9 Å². The second kappa shape index (κ2) is 49.5. The molecule has 0 aromatic carbocycles. The van der Waals surface area contributed by atoms with Crippen LogP contribution in [0.3, 0.4) is 0 Å². The molecule has 8 nitrogen and oxygen atoms in total. The maximum absolute atomic E-state index is 12.7. The van der Waals surface area contributed by atoms with Gasteiger partial charge in [-0.3, -0.25) is 13.8 Å². The van der Waals surface area contributed by atoms with Crippen molar-refractivity contribution in [3.8, 4) is 0 Å². The van der Waals surface area contributed by atoms with Crippen molar-refractivity contribution in [1.29, 1.82) is 0 Å². The Balaban J connectivity index is 3.86. The van der Waals surface area contributed by atoms with E-state index in [-0.39, 0.29) is 32.3 Å². The molecule has 0 amide bonds. The van der Waals surface area contributed by atoms with Gasteiger partial charge in [0.1, 0.15) is 6.10 Å². The zero-order chi connectivity index (χ0) is 43.7. The topological polar surface area (TPSA) is 117 Å². The SMILES string of the molecule is CCCCCCCCCCCCCCCCCCCCCCCC(=O)OC(COCCCCCCCCCCCCCCCCCCCCCC)COP(=O)(O)OCCN. The number of carbonyl (C=O) groups is 1. The van der Waals surface area contributed by atoms with E-state index in [1.807, 2.05) is 0 Å². The Morgan fingerprint density at radius 3 is 1.05 bits per heavy atom. The Labute approximate surface area is 373 Å². The van der Waals surface area contributed by atoms with Gasteiger partial charge in [0.05, 0.1) is 19.8 Å². The maximum atomic E-state index is 12.7. The normalized spacial score (nSPS) is 13.2. The van der Waals surface area contributed by atoms with Crippen molar-refractivity contribution >= 4 is 13.8 Å². The fourth-order valence-corrected chi connectivity index (χ4v) is 8.88. The first-order valence-corrected chi connectivity index (χ1v) is 28.0. The number of esters is 1. The molecule has 9 heteroatoms. The summed E-state index contributed by atoms with van der Waals surface area (Å²) in [5.74, 6) is -0.320. The Morgan fingerprint density at radius 2 is 0.733 bits per heavy atom. The zero-order valence-electron chi connectivity index (χ0n) is 40.2. The fraction of sp³-hybridized carbons (Fsp3) is 0.980. The van der Waals surface area contributed by atoms with Crippen molar-refractivity contribution in [3.63, 3.8) is 0 Å². The lowest BCUT2D eigenvalue weighted by atomic mass is 10.0. The van der Waals surface area contributed by atoms with Crippen LogP contribution in [0.25, 0.3) is 0 Å². The van der Waals surface area contributed by atoms with Crippen LogP contribution in [0.5, 0.6) is 0 Å². The molecule has 0 aromatic heterocycles. The number of hydrogen-bond donors (Lipinski definition) is 2. The summed E-state index contributed by atoms with van der Waals surface area (Å²) >= 11 is 0. The van der Waals surface area contributed by atoms with Gasteiger partial charge in [-0.05, 0) is 12.8 Å². The highest BCUT2D eigenvalue weighted by molar-refractivity contribution is 7.47. The second-order valence-corrected chi connectivity index (χ2v) is 19.6. The average molecular weight is 874 g/mol. The molecule has 0 aliphatic heterocycles. The third-order valence-electron chi connectivity index (χ3n) is 12.0. The Hall–Kier alpha value is -0.500. The van der Waals surface area contributed by atoms with Crippen molar-refractivity contribution in [3.05, 3.63) is 0 Å². The first-order chi connectivity index (χ1) is 29.4. The third-order valence-corrected chi connectivity index (χ3v) is 13.0. The Morgan fingerprint density at radius 1 is 0.433 bits per heavy atom. The third kappa shape index (κ3) is 48.5. The first kappa shape index (κ1) is 59.5. The van der Waals surface area contributed by atoms with E-state index in [2.05, 4.69) is 13.8 Å². The van der Waals surface area contributed by atoms with Crippen LogP contribution in [0, 0.1) is 0 Å². The van der Waals surface area contributed by atoms with E-state index in [0.29, 0.717) is 13.0 Å². The molecule has 0 bridgehead atoms. The molecular weight excluding hydrogens is 770 g/mol. The molecule has 0 aromatic rings. The summed E-state index contributed by atoms with van der Waals surface area (Å²) < 4.78 is 33.6. The minimum atomic E-state index is -4.27. The number of phosphoric ester groups is 1. The molecule has 0 saturated carbocycles. The molecule has 2 unspecified atom stereocenters. The highest BCUT2D eigenvalue weighted by atomic mass is 31.2. The number of unbranched alkanes of at least 4 members (excludes halogenated alkanes) is 39. The molecule has 0 saturated heterocycles. The van der Waals surface area contributed by atoms with Crippen LogP contribution in [0.15, 0.2) is 0 Å². The largest absolute Gasteiger partial charge is 0.472 e. The van der Waals surface area contributed by atoms with E-state index in [1.54, 1.807) is 0 Å². The fourth-order valence-electron chi connectivity index (χ4n) is 8.12. The quantitative estimate of drug-likeness (QED) is 0.0352. The van der Waals surface area contributed by atoms with Crippen molar-refractivity contribution in [2.24, 2.45) is 5.73 Å². The molecule has 60 heavy (non-hydrogen) atoms. The summed E-state index contributed by atoms with van der Waals surface area (Å²) in [6.45, 7) is 5.02. The van der Waals surface area contributed by atoms with Gasteiger partial charge in [0.15, 0.2) is 0 Å². The lowest BCUT2D eigenvalue weighted by molar-refractivity contribution is -0.154. The molecular formula is C51H104NO7P. The van der Waals surface area contributed by atoms with Gasteiger partial charge >= 0.3 is 13.8 Å². The van der Waals surface area contributed by atoms with E-state index < -0.39 is 13.9 Å². The number of carbonyl (C=O) groups excluding carboxylic acids is 1. The van der Waals surface area contributed by atoms with Gasteiger partial charge in [-0.2, -0.15) is 0 Å². The molecule has 0 rings (SSSR count). The van der Waals surface area contributed by atoms with E-state index in [0.717, 1.165) is 32.1 Å². The standard InChI is InChI=1S/C51H104NO7P/c1-3-5-7-9-11-13-15-17-19-21-23-25-26-28-30-32-34-36-38-40-42-44-51(53)59-50(49-58-60(54,55)57-47-45-52)48-56-46-43-41-39-37-35-33-31-29-27-24-22-20-18-16-14-12-10-8-6-4-2/h50H,3-49,52H2,1-2H3,(H,54,55). The minimum absolute atomic E-state index is 0.0896. The van der Waals surface area contributed by atoms with Crippen molar-refractivity contribution in [2.45, 2.75) is 290 Å². The van der Waals surface area contributed by atoms with Crippen molar-refractivity contribution in [1.82, 2.24) is 0 Å². The Bertz CT molecular complexity index is 894. The first-order valence-electron chi connectivity index (χ1n) is 26.5. The molecule has 0 radical (unpaired) electrons. The van der Waals surface area contributed by atoms with Crippen LogP contribution in [0.2, 0.25) is 0 Å². The highest BCUT2D eigenvalue weighted by Crippen LogP contribution is 2.43. The summed E-state index contributed by atoms with van der Waals surface area (Å²) in [5.41, 5.74) is 5.39. The predicted molar refractivity (Wildman–Crippen MR) is 257 cm³/mol. The van der Waals surface area contributed by atoms with Crippen LogP contribution in [-0.4, -0.2) is 49.9 Å². The molecule has 0 spiro atoms. The van der Waals surface area contributed by atoms with Crippen LogP contribution < -0.4 is 5.73 Å². The van der Waals surface area contributed by atoms with Crippen LogP contribution in [0.1, 0.15) is 284 Å². The molecule has 2 atom stereocenters. The zero-order valence-corrected chi connectivity index (χ0v) is 41.1. The van der Waals surface area contributed by atoms with Gasteiger partial charge in [-0.15, -0.1) is 0 Å². The van der Waals surface area contributed by atoms with E-state index >= 15 is 0 Å². The molecule has 0 aliphatic rings. The van der Waals surface area contributed by atoms with Crippen LogP contribution in [0.4, 0.5) is 0 Å². The number of ether oxygens (including phenoxy) is 2. The highest BCUT2D eigenvalue weighted by Gasteiger charge is 2.25. The summed E-state index contributed by atoms with van der Waals surface area (Å²) in [5, 5.41) is 0. The molecule has 0 fully saturated rings. The molecule has 3 N–H and O–H groups in total. The van der Waals surface area contributed by atoms with Gasteiger partial charge in [-0.25, -0.2) is 4.57 Å². The smallest absolute Gasteiger partial charge is 0.457 e. The Kier molecular flexibility index (Phi) is 49.1. The average Bonchev–Trinajstić information content (AvgIpc) is 3.24. The van der Waals surface area contributed by atoms with Crippen LogP contribution >= 0.6 is 7.82 Å². The van der Waals surface area contributed by atoms with E-state index in [4.69, 9.17) is 24.3 Å². The van der Waals surface area contributed by atoms with Crippen molar-refractivity contribution < 1.29 is 32.8 Å². The predicted octanol–water partition coefficient (Wildman–Crippen LogP) is 16.4. The minimum Gasteiger partial charge on any atom is -0.457 e. The molecule has 0 heterocycles. The number of phosphoric acid groups is 1. The second-order valence-electron chi connectivity index (χ2n) is 18.1. The maximum Gasteiger partial charge on any atom is 0.472 e. The van der Waals surface area contributed by atoms with Gasteiger partial charge in [0, 0.05) is 19.6 Å². The van der Waals surface area contributed by atoms with Gasteiger partial charge in [0.25, 0.3) is 0 Å². The van der Waals surface area contributed by atoms with Gasteiger partial charge in [0.2, 0.25) is 0 Å². The lowest BCUT2D eigenvalue weighted by Gasteiger charge is -2.20. The van der Waals surface area contributed by atoms with Crippen molar-refractivity contribution in [2.75, 3.05) is 33.0 Å². The summed E-state index contributed by atoms with van der Waals surface area (Å²) in [7, 11) is -4.27.